The van der Waals surface area contributed by atoms with Gasteiger partial charge in [-0.3, -0.25) is 0 Å². The Labute approximate surface area is 140 Å². The number of benzene rings is 2. The third-order valence-electron chi connectivity index (χ3n) is 2.95. The van der Waals surface area contributed by atoms with Crippen molar-refractivity contribution in [2.24, 2.45) is 0 Å². The van der Waals surface area contributed by atoms with Crippen molar-refractivity contribution in [2.45, 2.75) is 4.83 Å². The molecule has 0 spiro atoms. The Morgan fingerprint density at radius 1 is 1.00 bits per heavy atom. The van der Waals surface area contributed by atoms with E-state index in [9.17, 15) is 0 Å². The van der Waals surface area contributed by atoms with Gasteiger partial charge in [0.1, 0.15) is 11.5 Å². The molecule has 2 nitrogen and oxygen atoms in total. The molecule has 106 valence electrons. The van der Waals surface area contributed by atoms with Gasteiger partial charge in [-0.2, -0.15) is 0 Å². The van der Waals surface area contributed by atoms with Crippen LogP contribution >= 0.6 is 43.5 Å². The molecule has 2 aromatic rings. The molecule has 0 saturated carbocycles. The fourth-order valence-electron chi connectivity index (χ4n) is 1.91. The summed E-state index contributed by atoms with van der Waals surface area (Å²) in [7, 11) is 3.29. The summed E-state index contributed by atoms with van der Waals surface area (Å²) in [5, 5.41) is 0.686. The summed E-state index contributed by atoms with van der Waals surface area (Å²) < 4.78 is 11.6. The second-order valence-corrected chi connectivity index (χ2v) is 6.37. The molecule has 5 heteroatoms. The molecule has 2 aromatic carbocycles. The summed E-state index contributed by atoms with van der Waals surface area (Å²) in [5.74, 6) is 1.56. The highest BCUT2D eigenvalue weighted by Crippen LogP contribution is 2.41. The Bertz CT molecular complexity index is 617. The Hall–Kier alpha value is -0.710. The summed E-state index contributed by atoms with van der Waals surface area (Å²) in [5.41, 5.74) is 1.94. The van der Waals surface area contributed by atoms with E-state index >= 15 is 0 Å². The molecule has 20 heavy (non-hydrogen) atoms. The molecule has 0 aromatic heterocycles. The van der Waals surface area contributed by atoms with E-state index in [-0.39, 0.29) is 4.83 Å². The van der Waals surface area contributed by atoms with Crippen molar-refractivity contribution in [3.63, 3.8) is 0 Å². The first-order chi connectivity index (χ1) is 9.56. The molecule has 0 heterocycles. The van der Waals surface area contributed by atoms with Gasteiger partial charge in [0, 0.05) is 15.1 Å². The van der Waals surface area contributed by atoms with Crippen molar-refractivity contribution in [3.05, 3.63) is 57.0 Å². The van der Waals surface area contributed by atoms with E-state index in [0.29, 0.717) is 5.02 Å². The van der Waals surface area contributed by atoms with Crippen LogP contribution in [0, 0.1) is 0 Å². The molecule has 0 amide bonds. The molecule has 0 radical (unpaired) electrons. The van der Waals surface area contributed by atoms with Gasteiger partial charge < -0.3 is 9.47 Å². The highest BCUT2D eigenvalue weighted by Gasteiger charge is 2.19. The standard InChI is InChI=1S/C15H13Br2ClO2/c1-19-10-4-6-14(20-2)12(8-10)15(17)11-5-3-9(16)7-13(11)18/h3-8,15H,1-2H3. The maximum atomic E-state index is 6.31. The second-order valence-electron chi connectivity index (χ2n) is 4.14. The Kier molecular flexibility index (Phi) is 5.35. The van der Waals surface area contributed by atoms with Crippen molar-refractivity contribution < 1.29 is 9.47 Å². The molecule has 0 fully saturated rings. The fraction of sp³-hybridized carbons (Fsp3) is 0.200. The molecular formula is C15H13Br2ClO2. The van der Waals surface area contributed by atoms with Gasteiger partial charge in [0.15, 0.2) is 0 Å². The molecule has 0 aliphatic heterocycles. The first-order valence-corrected chi connectivity index (χ1v) is 7.96. The molecule has 0 N–H and O–H groups in total. The van der Waals surface area contributed by atoms with E-state index in [1.54, 1.807) is 14.2 Å². The molecule has 0 aliphatic carbocycles. The third-order valence-corrected chi connectivity index (χ3v) is 4.75. The summed E-state index contributed by atoms with van der Waals surface area (Å²) in [4.78, 5) is -0.0758. The molecule has 0 bridgehead atoms. The Morgan fingerprint density at radius 3 is 2.35 bits per heavy atom. The number of alkyl halides is 1. The van der Waals surface area contributed by atoms with Crippen molar-refractivity contribution >= 4 is 43.5 Å². The highest BCUT2D eigenvalue weighted by molar-refractivity contribution is 9.10. The number of rotatable bonds is 4. The van der Waals surface area contributed by atoms with Gasteiger partial charge in [0.25, 0.3) is 0 Å². The van der Waals surface area contributed by atoms with Crippen LogP contribution in [0.5, 0.6) is 11.5 Å². The lowest BCUT2D eigenvalue weighted by Gasteiger charge is -2.17. The van der Waals surface area contributed by atoms with Crippen LogP contribution < -0.4 is 9.47 Å². The van der Waals surface area contributed by atoms with Crippen LogP contribution in [0.15, 0.2) is 40.9 Å². The lowest BCUT2D eigenvalue weighted by molar-refractivity contribution is 0.399. The highest BCUT2D eigenvalue weighted by atomic mass is 79.9. The van der Waals surface area contributed by atoms with Crippen molar-refractivity contribution in [3.8, 4) is 11.5 Å². The van der Waals surface area contributed by atoms with Gasteiger partial charge in [0.05, 0.1) is 19.0 Å². The lowest BCUT2D eigenvalue weighted by Crippen LogP contribution is -1.99. The maximum Gasteiger partial charge on any atom is 0.123 e. The lowest BCUT2D eigenvalue weighted by atomic mass is 10.0. The first-order valence-electron chi connectivity index (χ1n) is 5.87. The minimum atomic E-state index is -0.0758. The SMILES string of the molecule is COc1ccc(OC)c(C(Br)c2ccc(Br)cc2Cl)c1. The van der Waals surface area contributed by atoms with Gasteiger partial charge in [-0.15, -0.1) is 0 Å². The average Bonchev–Trinajstić information content (AvgIpc) is 2.46. The smallest absolute Gasteiger partial charge is 0.123 e. The molecule has 1 unspecified atom stereocenters. The Balaban J connectivity index is 2.48. The molecule has 1 atom stereocenters. The largest absolute Gasteiger partial charge is 0.497 e. The molecule has 0 saturated heterocycles. The minimum Gasteiger partial charge on any atom is -0.497 e. The van der Waals surface area contributed by atoms with Gasteiger partial charge in [-0.05, 0) is 35.9 Å². The summed E-state index contributed by atoms with van der Waals surface area (Å²) >= 11 is 13.4. The van der Waals surface area contributed by atoms with E-state index in [0.717, 1.165) is 27.1 Å². The average molecular weight is 421 g/mol. The van der Waals surface area contributed by atoms with Gasteiger partial charge in [0.2, 0.25) is 0 Å². The van der Waals surface area contributed by atoms with Crippen LogP contribution in [0.25, 0.3) is 0 Å². The van der Waals surface area contributed by atoms with Crippen LogP contribution in [0.4, 0.5) is 0 Å². The summed E-state index contributed by atoms with van der Waals surface area (Å²) in [6, 6.07) is 11.5. The van der Waals surface area contributed by atoms with E-state index in [1.165, 1.54) is 0 Å². The normalized spacial score (nSPS) is 12.1. The number of halogens is 3. The van der Waals surface area contributed by atoms with Crippen LogP contribution in [-0.2, 0) is 0 Å². The minimum absolute atomic E-state index is 0.0758. The number of methoxy groups -OCH3 is 2. The van der Waals surface area contributed by atoms with Crippen LogP contribution in [0.1, 0.15) is 16.0 Å². The number of ether oxygens (including phenoxy) is 2. The third kappa shape index (κ3) is 3.30. The van der Waals surface area contributed by atoms with Gasteiger partial charge in [-0.25, -0.2) is 0 Å². The maximum absolute atomic E-state index is 6.31. The van der Waals surface area contributed by atoms with Crippen molar-refractivity contribution in [2.75, 3.05) is 14.2 Å². The predicted molar refractivity (Wildman–Crippen MR) is 89.5 cm³/mol. The quantitative estimate of drug-likeness (QED) is 0.599. The zero-order chi connectivity index (χ0) is 14.7. The van der Waals surface area contributed by atoms with Crippen LogP contribution in [0.3, 0.4) is 0 Å². The van der Waals surface area contributed by atoms with E-state index in [1.807, 2.05) is 36.4 Å². The van der Waals surface area contributed by atoms with E-state index in [4.69, 9.17) is 21.1 Å². The summed E-state index contributed by atoms with van der Waals surface area (Å²) in [6.45, 7) is 0. The number of hydrogen-bond acceptors (Lipinski definition) is 2. The fourth-order valence-corrected chi connectivity index (χ4v) is 3.58. The molecule has 0 aliphatic rings. The van der Waals surface area contributed by atoms with Gasteiger partial charge >= 0.3 is 0 Å². The van der Waals surface area contributed by atoms with Crippen LogP contribution in [-0.4, -0.2) is 14.2 Å². The topological polar surface area (TPSA) is 18.5 Å². The van der Waals surface area contributed by atoms with Crippen molar-refractivity contribution in [1.29, 1.82) is 0 Å². The monoisotopic (exact) mass is 418 g/mol. The molecule has 2 rings (SSSR count). The van der Waals surface area contributed by atoms with E-state index in [2.05, 4.69) is 31.9 Å². The van der Waals surface area contributed by atoms with E-state index < -0.39 is 0 Å². The number of hydrogen-bond donors (Lipinski definition) is 0. The molecular weight excluding hydrogens is 407 g/mol. The zero-order valence-electron chi connectivity index (χ0n) is 11.0. The first kappa shape index (κ1) is 15.7. The zero-order valence-corrected chi connectivity index (χ0v) is 14.9. The summed E-state index contributed by atoms with van der Waals surface area (Å²) in [6.07, 6.45) is 0. The van der Waals surface area contributed by atoms with Crippen LogP contribution in [0.2, 0.25) is 5.02 Å². The van der Waals surface area contributed by atoms with Crippen molar-refractivity contribution in [1.82, 2.24) is 0 Å². The second kappa shape index (κ2) is 6.83. The van der Waals surface area contributed by atoms with Gasteiger partial charge in [-0.1, -0.05) is 49.5 Å². The Morgan fingerprint density at radius 2 is 1.75 bits per heavy atom. The predicted octanol–water partition coefficient (Wildman–Crippen LogP) is 5.60.